The Morgan fingerprint density at radius 3 is 1.60 bits per heavy atom. The zero-order valence-corrected chi connectivity index (χ0v) is 6.20. The van der Waals surface area contributed by atoms with Crippen molar-refractivity contribution < 1.29 is 4.39 Å². The predicted molar refractivity (Wildman–Crippen MR) is 38.5 cm³/mol. The van der Waals surface area contributed by atoms with Crippen LogP contribution in [0, 0.1) is 0 Å². The van der Waals surface area contributed by atoms with Gasteiger partial charge in [-0.3, -0.25) is 0 Å². The average Bonchev–Trinajstić information content (AvgIpc) is 1.93. The molecule has 3 aliphatic carbocycles. The second-order valence-electron chi connectivity index (χ2n) is 4.01. The van der Waals surface area contributed by atoms with Crippen molar-refractivity contribution in [3.8, 4) is 0 Å². The Kier molecular flexibility index (Phi) is 1.14. The predicted octanol–water partition coefficient (Wildman–Crippen LogP) is 1.76. The molecule has 3 aliphatic rings. The van der Waals surface area contributed by atoms with Gasteiger partial charge in [-0.1, -0.05) is 0 Å². The molecule has 0 amide bonds. The molecule has 2 bridgehead atoms. The molecular weight excluding hydrogens is 129 g/mol. The van der Waals surface area contributed by atoms with Crippen LogP contribution in [0.1, 0.15) is 38.5 Å². The highest BCUT2D eigenvalue weighted by Crippen LogP contribution is 2.47. The zero-order chi connectivity index (χ0) is 7.24. The molecule has 0 aromatic carbocycles. The molecule has 58 valence electrons. The highest BCUT2D eigenvalue weighted by molar-refractivity contribution is 5.03. The quantitative estimate of drug-likeness (QED) is 0.549. The lowest BCUT2D eigenvalue weighted by Crippen LogP contribution is -2.53. The van der Waals surface area contributed by atoms with Gasteiger partial charge in [0, 0.05) is 5.54 Å². The summed E-state index contributed by atoms with van der Waals surface area (Å²) in [6.45, 7) is 0. The number of rotatable bonds is 0. The molecule has 3 saturated carbocycles. The SMILES string of the molecule is NC12CCC(F)(CC1)CC2. The Morgan fingerprint density at radius 1 is 0.900 bits per heavy atom. The first-order valence-electron chi connectivity index (χ1n) is 4.10. The van der Waals surface area contributed by atoms with Gasteiger partial charge in [0.05, 0.1) is 0 Å². The van der Waals surface area contributed by atoms with Gasteiger partial charge in [0.25, 0.3) is 0 Å². The van der Waals surface area contributed by atoms with E-state index in [0.717, 1.165) is 19.3 Å². The maximum atomic E-state index is 13.5. The van der Waals surface area contributed by atoms with Crippen LogP contribution in [0.3, 0.4) is 0 Å². The molecule has 0 aliphatic heterocycles. The first kappa shape index (κ1) is 6.59. The summed E-state index contributed by atoms with van der Waals surface area (Å²) in [5.74, 6) is 0. The molecule has 1 nitrogen and oxygen atoms in total. The second-order valence-corrected chi connectivity index (χ2v) is 4.01. The van der Waals surface area contributed by atoms with Crippen LogP contribution in [-0.4, -0.2) is 11.2 Å². The summed E-state index contributed by atoms with van der Waals surface area (Å²) in [6.07, 6.45) is 4.85. The molecule has 0 atom stereocenters. The van der Waals surface area contributed by atoms with E-state index >= 15 is 0 Å². The molecule has 10 heavy (non-hydrogen) atoms. The topological polar surface area (TPSA) is 26.0 Å². The van der Waals surface area contributed by atoms with Crippen LogP contribution in [-0.2, 0) is 0 Å². The van der Waals surface area contributed by atoms with Crippen molar-refractivity contribution in [3.63, 3.8) is 0 Å². The van der Waals surface area contributed by atoms with E-state index in [1.54, 1.807) is 0 Å². The zero-order valence-electron chi connectivity index (χ0n) is 6.20. The van der Waals surface area contributed by atoms with Gasteiger partial charge < -0.3 is 5.73 Å². The molecule has 0 aromatic heterocycles. The Hall–Kier alpha value is -0.110. The Morgan fingerprint density at radius 2 is 1.30 bits per heavy atom. The van der Waals surface area contributed by atoms with Gasteiger partial charge in [-0.05, 0) is 38.5 Å². The molecule has 2 heteroatoms. The summed E-state index contributed by atoms with van der Waals surface area (Å²) >= 11 is 0. The first-order chi connectivity index (χ1) is 4.62. The standard InChI is InChI=1S/C8H14FN/c9-7-1-4-8(10,5-2-7)6-3-7/h1-6,10H2. The van der Waals surface area contributed by atoms with E-state index in [2.05, 4.69) is 0 Å². The lowest BCUT2D eigenvalue weighted by atomic mass is 9.65. The van der Waals surface area contributed by atoms with Crippen molar-refractivity contribution in [2.75, 3.05) is 0 Å². The summed E-state index contributed by atoms with van der Waals surface area (Å²) in [6, 6.07) is 0. The molecule has 0 radical (unpaired) electrons. The van der Waals surface area contributed by atoms with E-state index in [9.17, 15) is 4.39 Å². The highest BCUT2D eigenvalue weighted by Gasteiger charge is 2.46. The molecule has 0 unspecified atom stereocenters. The fourth-order valence-corrected chi connectivity index (χ4v) is 2.17. The molecule has 2 N–H and O–H groups in total. The first-order valence-corrected chi connectivity index (χ1v) is 4.10. The Labute approximate surface area is 60.8 Å². The Balaban J connectivity index is 2.16. The fraction of sp³-hybridized carbons (Fsp3) is 1.00. The van der Waals surface area contributed by atoms with Gasteiger partial charge in [0.1, 0.15) is 5.67 Å². The number of nitrogens with two attached hydrogens (primary N) is 1. The number of hydrogen-bond donors (Lipinski definition) is 1. The molecule has 3 fully saturated rings. The van der Waals surface area contributed by atoms with E-state index in [0.29, 0.717) is 19.3 Å². The Bertz CT molecular complexity index is 113. The van der Waals surface area contributed by atoms with Gasteiger partial charge in [-0.2, -0.15) is 0 Å². The largest absolute Gasteiger partial charge is 0.325 e. The number of fused-ring (bicyclic) bond motifs is 3. The number of halogens is 1. The molecule has 0 saturated heterocycles. The summed E-state index contributed by atoms with van der Waals surface area (Å²) < 4.78 is 13.5. The average molecular weight is 143 g/mol. The van der Waals surface area contributed by atoms with Crippen LogP contribution in [0.4, 0.5) is 4.39 Å². The third-order valence-electron chi connectivity index (χ3n) is 3.21. The molecule has 0 aromatic rings. The smallest absolute Gasteiger partial charge is 0.111 e. The summed E-state index contributed by atoms with van der Waals surface area (Å²) in [5, 5.41) is 0. The van der Waals surface area contributed by atoms with Gasteiger partial charge in [0.2, 0.25) is 0 Å². The lowest BCUT2D eigenvalue weighted by Gasteiger charge is -2.47. The van der Waals surface area contributed by atoms with Gasteiger partial charge in [-0.15, -0.1) is 0 Å². The van der Waals surface area contributed by atoms with E-state index in [-0.39, 0.29) is 5.54 Å². The van der Waals surface area contributed by atoms with Crippen LogP contribution < -0.4 is 5.73 Å². The van der Waals surface area contributed by atoms with Crippen molar-refractivity contribution >= 4 is 0 Å². The summed E-state index contributed by atoms with van der Waals surface area (Å²) in [4.78, 5) is 0. The minimum atomic E-state index is -0.818. The lowest BCUT2D eigenvalue weighted by molar-refractivity contribution is 0.00752. The third kappa shape index (κ3) is 0.858. The van der Waals surface area contributed by atoms with Gasteiger partial charge >= 0.3 is 0 Å². The van der Waals surface area contributed by atoms with E-state index in [1.165, 1.54) is 0 Å². The fourth-order valence-electron chi connectivity index (χ4n) is 2.17. The van der Waals surface area contributed by atoms with Crippen LogP contribution in [0.15, 0.2) is 0 Å². The van der Waals surface area contributed by atoms with Crippen LogP contribution in [0.2, 0.25) is 0 Å². The normalized spacial score (nSPS) is 53.4. The minimum absolute atomic E-state index is 0.0217. The van der Waals surface area contributed by atoms with Crippen molar-refractivity contribution in [1.29, 1.82) is 0 Å². The van der Waals surface area contributed by atoms with Crippen LogP contribution >= 0.6 is 0 Å². The molecular formula is C8H14FN. The second kappa shape index (κ2) is 1.73. The number of hydrogen-bond acceptors (Lipinski definition) is 1. The minimum Gasteiger partial charge on any atom is -0.325 e. The van der Waals surface area contributed by atoms with Gasteiger partial charge in [-0.25, -0.2) is 4.39 Å². The monoisotopic (exact) mass is 143 g/mol. The van der Waals surface area contributed by atoms with Crippen LogP contribution in [0.25, 0.3) is 0 Å². The van der Waals surface area contributed by atoms with Gasteiger partial charge in [0.15, 0.2) is 0 Å². The maximum absolute atomic E-state index is 13.5. The van der Waals surface area contributed by atoms with Crippen molar-refractivity contribution in [1.82, 2.24) is 0 Å². The number of alkyl halides is 1. The maximum Gasteiger partial charge on any atom is 0.111 e. The molecule has 0 heterocycles. The van der Waals surface area contributed by atoms with Crippen molar-refractivity contribution in [3.05, 3.63) is 0 Å². The van der Waals surface area contributed by atoms with E-state index < -0.39 is 5.67 Å². The third-order valence-corrected chi connectivity index (χ3v) is 3.21. The van der Waals surface area contributed by atoms with E-state index in [1.807, 2.05) is 0 Å². The summed E-state index contributed by atoms with van der Waals surface area (Å²) in [7, 11) is 0. The van der Waals surface area contributed by atoms with Crippen molar-refractivity contribution in [2.24, 2.45) is 5.73 Å². The van der Waals surface area contributed by atoms with E-state index in [4.69, 9.17) is 5.73 Å². The van der Waals surface area contributed by atoms with Crippen LogP contribution in [0.5, 0.6) is 0 Å². The molecule has 0 spiro atoms. The highest BCUT2D eigenvalue weighted by atomic mass is 19.1. The van der Waals surface area contributed by atoms with Crippen molar-refractivity contribution in [2.45, 2.75) is 49.7 Å². The molecule has 3 rings (SSSR count). The summed E-state index contributed by atoms with van der Waals surface area (Å²) in [5.41, 5.74) is 5.19.